The van der Waals surface area contributed by atoms with Gasteiger partial charge in [-0.25, -0.2) is 8.78 Å². The highest BCUT2D eigenvalue weighted by Gasteiger charge is 2.32. The smallest absolute Gasteiger partial charge is 0.311 e. The van der Waals surface area contributed by atoms with Crippen molar-refractivity contribution in [3.63, 3.8) is 0 Å². The summed E-state index contributed by atoms with van der Waals surface area (Å²) in [6, 6.07) is 7.18. The Balaban J connectivity index is 2.29. The SMILES string of the molecule is Cc1c([C@H](CC(C)(C)C)C(=O)O)c2cc(O)ccc2n1C(=O)c1ccc(F)c(F)c1. The van der Waals surface area contributed by atoms with Gasteiger partial charge in [-0.1, -0.05) is 20.8 Å². The molecule has 0 saturated heterocycles. The molecule has 0 radical (unpaired) electrons. The molecule has 3 aromatic rings. The maximum absolute atomic E-state index is 13.7. The molecule has 2 aromatic carbocycles. The summed E-state index contributed by atoms with van der Waals surface area (Å²) in [7, 11) is 0. The maximum Gasteiger partial charge on any atom is 0.311 e. The van der Waals surface area contributed by atoms with Crippen molar-refractivity contribution in [3.8, 4) is 5.75 Å². The second kappa shape index (κ2) is 7.55. The molecule has 0 aliphatic heterocycles. The van der Waals surface area contributed by atoms with Crippen LogP contribution in [0, 0.1) is 24.0 Å². The maximum atomic E-state index is 13.7. The van der Waals surface area contributed by atoms with Gasteiger partial charge in [0.05, 0.1) is 11.4 Å². The average Bonchev–Trinajstić information content (AvgIpc) is 2.91. The third-order valence-electron chi connectivity index (χ3n) is 5.07. The van der Waals surface area contributed by atoms with Crippen LogP contribution in [-0.4, -0.2) is 26.7 Å². The number of hydrogen-bond acceptors (Lipinski definition) is 3. The van der Waals surface area contributed by atoms with E-state index in [1.54, 1.807) is 6.92 Å². The zero-order valence-corrected chi connectivity index (χ0v) is 17.2. The highest BCUT2D eigenvalue weighted by Crippen LogP contribution is 2.39. The number of phenolic OH excluding ortho intramolecular Hbond substituents is 1. The molecule has 5 nitrogen and oxygen atoms in total. The fourth-order valence-corrected chi connectivity index (χ4v) is 3.82. The van der Waals surface area contributed by atoms with E-state index in [9.17, 15) is 28.6 Å². The predicted octanol–water partition coefficient (Wildman–Crippen LogP) is 5.23. The Bertz CT molecular complexity index is 1160. The van der Waals surface area contributed by atoms with Gasteiger partial charge in [-0.15, -0.1) is 0 Å². The van der Waals surface area contributed by atoms with Crippen LogP contribution in [-0.2, 0) is 4.79 Å². The second-order valence-corrected chi connectivity index (χ2v) is 8.63. The molecular weight excluding hydrogens is 392 g/mol. The first kappa shape index (κ1) is 21.5. The largest absolute Gasteiger partial charge is 0.508 e. The molecule has 0 fully saturated rings. The van der Waals surface area contributed by atoms with Crippen molar-refractivity contribution >= 4 is 22.8 Å². The fraction of sp³-hybridized carbons (Fsp3) is 0.304. The first-order valence-corrected chi connectivity index (χ1v) is 9.47. The molecule has 0 aliphatic rings. The van der Waals surface area contributed by atoms with E-state index in [0.29, 0.717) is 28.6 Å². The number of rotatable bonds is 4. The number of aromatic nitrogens is 1. The minimum atomic E-state index is -1.15. The Hall–Kier alpha value is -3.22. The Kier molecular flexibility index (Phi) is 5.41. The van der Waals surface area contributed by atoms with Gasteiger partial charge in [-0.2, -0.15) is 0 Å². The van der Waals surface area contributed by atoms with Crippen LogP contribution in [0.5, 0.6) is 5.75 Å². The third-order valence-corrected chi connectivity index (χ3v) is 5.07. The molecule has 3 rings (SSSR count). The molecule has 0 unspecified atom stereocenters. The van der Waals surface area contributed by atoms with E-state index >= 15 is 0 Å². The molecule has 0 spiro atoms. The Morgan fingerprint density at radius 1 is 1.07 bits per heavy atom. The van der Waals surface area contributed by atoms with Crippen LogP contribution >= 0.6 is 0 Å². The summed E-state index contributed by atoms with van der Waals surface area (Å²) in [5, 5.41) is 20.4. The van der Waals surface area contributed by atoms with Gasteiger partial charge in [0.2, 0.25) is 0 Å². The van der Waals surface area contributed by atoms with Gasteiger partial charge in [0.15, 0.2) is 11.6 Å². The summed E-state index contributed by atoms with van der Waals surface area (Å²) in [6.07, 6.45) is 0.303. The monoisotopic (exact) mass is 415 g/mol. The lowest BCUT2D eigenvalue weighted by atomic mass is 9.80. The summed E-state index contributed by atoms with van der Waals surface area (Å²) in [4.78, 5) is 25.3. The van der Waals surface area contributed by atoms with Crippen LogP contribution in [0.1, 0.15) is 54.7 Å². The zero-order chi connectivity index (χ0) is 22.4. The first-order valence-electron chi connectivity index (χ1n) is 9.47. The molecule has 1 atom stereocenters. The van der Waals surface area contributed by atoms with Crippen LogP contribution in [0.2, 0.25) is 0 Å². The normalized spacial score (nSPS) is 12.9. The van der Waals surface area contributed by atoms with Crippen LogP contribution in [0.25, 0.3) is 10.9 Å². The number of hydrogen-bond donors (Lipinski definition) is 2. The van der Waals surface area contributed by atoms with E-state index < -0.39 is 29.4 Å². The summed E-state index contributed by atoms with van der Waals surface area (Å²) in [6.45, 7) is 7.37. The van der Waals surface area contributed by atoms with Crippen LogP contribution in [0.3, 0.4) is 0 Å². The van der Waals surface area contributed by atoms with Crippen molar-refractivity contribution in [3.05, 3.63) is 64.9 Å². The highest BCUT2D eigenvalue weighted by molar-refractivity contribution is 6.05. The van der Waals surface area contributed by atoms with E-state index in [4.69, 9.17) is 0 Å². The molecule has 1 aromatic heterocycles. The van der Waals surface area contributed by atoms with Gasteiger partial charge in [0.1, 0.15) is 5.75 Å². The quantitative estimate of drug-likeness (QED) is 0.612. The molecule has 30 heavy (non-hydrogen) atoms. The molecular formula is C23H23F2NO4. The number of carboxylic acids is 1. The minimum absolute atomic E-state index is 0.0685. The number of aliphatic carboxylic acids is 1. The summed E-state index contributed by atoms with van der Waals surface area (Å²) in [5.74, 6) is -4.87. The number of nitrogens with zero attached hydrogens (tertiary/aromatic N) is 1. The number of carbonyl (C=O) groups is 2. The van der Waals surface area contributed by atoms with E-state index in [2.05, 4.69) is 0 Å². The number of carboxylic acid groups (broad SMARTS) is 1. The first-order chi connectivity index (χ1) is 13.9. The second-order valence-electron chi connectivity index (χ2n) is 8.63. The van der Waals surface area contributed by atoms with Crippen molar-refractivity contribution in [2.24, 2.45) is 5.41 Å². The highest BCUT2D eigenvalue weighted by atomic mass is 19.2. The minimum Gasteiger partial charge on any atom is -0.508 e. The molecule has 158 valence electrons. The predicted molar refractivity (Wildman–Crippen MR) is 109 cm³/mol. The number of halogens is 2. The van der Waals surface area contributed by atoms with Gasteiger partial charge in [0, 0.05) is 16.6 Å². The van der Waals surface area contributed by atoms with E-state index in [1.807, 2.05) is 20.8 Å². The third kappa shape index (κ3) is 3.92. The van der Waals surface area contributed by atoms with Crippen LogP contribution < -0.4 is 0 Å². The number of aromatic hydroxyl groups is 1. The molecule has 1 heterocycles. The molecule has 0 amide bonds. The average molecular weight is 415 g/mol. The number of benzene rings is 2. The van der Waals surface area contributed by atoms with Gasteiger partial charge in [0.25, 0.3) is 5.91 Å². The topological polar surface area (TPSA) is 79.5 Å². The van der Waals surface area contributed by atoms with E-state index in [1.165, 1.54) is 28.8 Å². The molecule has 7 heteroatoms. The Labute approximate surface area is 172 Å². The standard InChI is InChI=1S/C23H23F2NO4/c1-12-20(16(22(29)30)11-23(2,3)4)15-10-14(27)6-8-19(15)26(12)21(28)13-5-7-17(24)18(25)9-13/h5-10,16,27H,11H2,1-4H3,(H,29,30)/t16-/m0/s1. The van der Waals surface area contributed by atoms with Gasteiger partial charge in [-0.05, 0) is 60.7 Å². The van der Waals surface area contributed by atoms with E-state index in [-0.39, 0.29) is 16.7 Å². The van der Waals surface area contributed by atoms with Gasteiger partial charge >= 0.3 is 5.97 Å². The van der Waals surface area contributed by atoms with Gasteiger partial charge < -0.3 is 10.2 Å². The van der Waals surface area contributed by atoms with E-state index in [0.717, 1.165) is 12.1 Å². The van der Waals surface area contributed by atoms with Crippen LogP contribution in [0.4, 0.5) is 8.78 Å². The summed E-state index contributed by atoms with van der Waals surface area (Å²) >= 11 is 0. The number of phenols is 1. The van der Waals surface area contributed by atoms with Crippen molar-refractivity contribution < 1.29 is 28.6 Å². The zero-order valence-electron chi connectivity index (χ0n) is 17.2. The summed E-state index contributed by atoms with van der Waals surface area (Å²) < 4.78 is 28.3. The van der Waals surface area contributed by atoms with Crippen molar-refractivity contribution in [2.75, 3.05) is 0 Å². The Morgan fingerprint density at radius 2 is 1.73 bits per heavy atom. The van der Waals surface area contributed by atoms with Crippen LogP contribution in [0.15, 0.2) is 36.4 Å². The number of fused-ring (bicyclic) bond motifs is 1. The lowest BCUT2D eigenvalue weighted by Crippen LogP contribution is -2.21. The molecule has 2 N–H and O–H groups in total. The molecule has 0 saturated carbocycles. The summed E-state index contributed by atoms with van der Waals surface area (Å²) in [5.41, 5.74) is 0.790. The van der Waals surface area contributed by atoms with Crippen molar-refractivity contribution in [1.82, 2.24) is 4.57 Å². The Morgan fingerprint density at radius 3 is 2.30 bits per heavy atom. The molecule has 0 aliphatic carbocycles. The lowest BCUT2D eigenvalue weighted by molar-refractivity contribution is -0.139. The lowest BCUT2D eigenvalue weighted by Gasteiger charge is -2.24. The van der Waals surface area contributed by atoms with Crippen molar-refractivity contribution in [2.45, 2.75) is 40.0 Å². The van der Waals surface area contributed by atoms with Gasteiger partial charge in [-0.3, -0.25) is 14.2 Å². The fourth-order valence-electron chi connectivity index (χ4n) is 3.82. The number of carbonyl (C=O) groups excluding carboxylic acids is 1. The van der Waals surface area contributed by atoms with Crippen molar-refractivity contribution in [1.29, 1.82) is 0 Å². The molecule has 0 bridgehead atoms.